The summed E-state index contributed by atoms with van der Waals surface area (Å²) in [5.74, 6) is -1.88. The van der Waals surface area contributed by atoms with Crippen molar-refractivity contribution in [1.29, 1.82) is 0 Å². The van der Waals surface area contributed by atoms with E-state index >= 15 is 0 Å². The molecule has 0 atom stereocenters. The lowest BCUT2D eigenvalue weighted by Gasteiger charge is -2.35. The van der Waals surface area contributed by atoms with Crippen LogP contribution in [0.15, 0.2) is 18.2 Å². The number of ether oxygens (including phenoxy) is 5. The Morgan fingerprint density at radius 3 is 1.60 bits per heavy atom. The van der Waals surface area contributed by atoms with Gasteiger partial charge in [0.1, 0.15) is 16.8 Å². The number of nitrogens with one attached hydrogen (secondary N) is 2. The largest absolute Gasteiger partial charge is 0.478 e. The van der Waals surface area contributed by atoms with Gasteiger partial charge in [0.25, 0.3) is 5.91 Å². The minimum absolute atomic E-state index is 0.00772. The predicted molar refractivity (Wildman–Crippen MR) is 154 cm³/mol. The Hall–Kier alpha value is -4.23. The quantitative estimate of drug-likeness (QED) is 0.267. The number of hydrogen-bond acceptors (Lipinski definition) is 10. The zero-order valence-electron chi connectivity index (χ0n) is 26.5. The average molecular weight is 609 g/mol. The van der Waals surface area contributed by atoms with E-state index in [-0.39, 0.29) is 43.2 Å². The lowest BCUT2D eigenvalue weighted by Crippen LogP contribution is -2.56. The molecular weight excluding hydrogens is 564 g/mol. The van der Waals surface area contributed by atoms with Gasteiger partial charge in [0, 0.05) is 31.7 Å². The van der Waals surface area contributed by atoms with Gasteiger partial charge >= 0.3 is 24.1 Å². The number of urea groups is 1. The summed E-state index contributed by atoms with van der Waals surface area (Å²) in [4.78, 5) is 65.0. The highest BCUT2D eigenvalue weighted by Crippen LogP contribution is 2.29. The maximum Gasteiger partial charge on any atom is 0.410 e. The van der Waals surface area contributed by atoms with E-state index in [9.17, 15) is 24.0 Å². The number of carbonyl (C=O) groups is 5. The first-order valence-corrected chi connectivity index (χ1v) is 13.9. The maximum atomic E-state index is 12.8. The van der Waals surface area contributed by atoms with Gasteiger partial charge in [0.2, 0.25) is 0 Å². The second-order valence-electron chi connectivity index (χ2n) is 12.8. The normalized spacial score (nSPS) is 13.9. The molecule has 0 radical (unpaired) electrons. The molecule has 1 aromatic carbocycles. The van der Waals surface area contributed by atoms with Gasteiger partial charge in [-0.3, -0.25) is 10.2 Å². The van der Waals surface area contributed by atoms with E-state index in [1.807, 2.05) is 0 Å². The molecule has 1 heterocycles. The van der Waals surface area contributed by atoms with Gasteiger partial charge in [-0.25, -0.2) is 24.6 Å². The van der Waals surface area contributed by atoms with Gasteiger partial charge < -0.3 is 33.5 Å². The van der Waals surface area contributed by atoms with E-state index < -0.39 is 60.0 Å². The summed E-state index contributed by atoms with van der Waals surface area (Å²) in [6.45, 7) is 15.7. The summed E-state index contributed by atoms with van der Waals surface area (Å²) >= 11 is 0. The molecule has 0 unspecified atom stereocenters. The Bertz CT molecular complexity index is 1170. The summed E-state index contributed by atoms with van der Waals surface area (Å²) in [6, 6.07) is 3.53. The molecule has 2 N–H and O–H groups in total. The maximum absolute atomic E-state index is 12.8. The molecule has 0 saturated carbocycles. The van der Waals surface area contributed by atoms with Gasteiger partial charge in [0.15, 0.2) is 24.7 Å². The molecule has 43 heavy (non-hydrogen) atoms. The van der Waals surface area contributed by atoms with Crippen molar-refractivity contribution in [1.82, 2.24) is 20.7 Å². The van der Waals surface area contributed by atoms with Crippen molar-refractivity contribution in [2.75, 3.05) is 39.4 Å². The molecule has 1 aromatic rings. The van der Waals surface area contributed by atoms with Crippen LogP contribution >= 0.6 is 0 Å². The first kappa shape index (κ1) is 35.0. The third kappa shape index (κ3) is 13.1. The van der Waals surface area contributed by atoms with Crippen molar-refractivity contribution in [3.8, 4) is 11.5 Å². The molecule has 2 rings (SSSR count). The van der Waals surface area contributed by atoms with E-state index in [0.29, 0.717) is 0 Å². The SMILES string of the molecule is CC(C)(C)OC(=O)COc1ccc(C(=O)NNC(=O)N2CCN(C(=O)OC(C)(C)C)CC2)cc1OCC(=O)OC(C)(C)C. The number of hydrazine groups is 1. The van der Waals surface area contributed by atoms with Gasteiger partial charge in [-0.2, -0.15) is 0 Å². The fourth-order valence-electron chi connectivity index (χ4n) is 3.58. The Kier molecular flexibility index (Phi) is 11.6. The lowest BCUT2D eigenvalue weighted by molar-refractivity contribution is -0.158. The van der Waals surface area contributed by atoms with Crippen LogP contribution in [-0.4, -0.2) is 96.0 Å². The molecule has 240 valence electrons. The molecular formula is C29H44N4O10. The molecule has 1 saturated heterocycles. The van der Waals surface area contributed by atoms with Crippen LogP contribution in [0.3, 0.4) is 0 Å². The van der Waals surface area contributed by atoms with Crippen LogP contribution in [0.25, 0.3) is 0 Å². The van der Waals surface area contributed by atoms with E-state index in [2.05, 4.69) is 10.9 Å². The van der Waals surface area contributed by atoms with Crippen molar-refractivity contribution in [2.45, 2.75) is 79.1 Å². The van der Waals surface area contributed by atoms with Crippen LogP contribution < -0.4 is 20.3 Å². The smallest absolute Gasteiger partial charge is 0.410 e. The fourth-order valence-corrected chi connectivity index (χ4v) is 3.58. The first-order valence-electron chi connectivity index (χ1n) is 13.9. The summed E-state index contributed by atoms with van der Waals surface area (Å²) in [5.41, 5.74) is 2.67. The minimum atomic E-state index is -0.737. The lowest BCUT2D eigenvalue weighted by atomic mass is 10.2. The zero-order chi connectivity index (χ0) is 32.6. The Labute approximate surface area is 252 Å². The summed E-state index contributed by atoms with van der Waals surface area (Å²) < 4.78 is 27.0. The average Bonchev–Trinajstić information content (AvgIpc) is 2.86. The van der Waals surface area contributed by atoms with Crippen LogP contribution in [0.1, 0.15) is 72.7 Å². The first-order chi connectivity index (χ1) is 19.7. The highest BCUT2D eigenvalue weighted by Gasteiger charge is 2.28. The van der Waals surface area contributed by atoms with E-state index in [4.69, 9.17) is 23.7 Å². The number of piperazine rings is 1. The number of rotatable bonds is 7. The minimum Gasteiger partial charge on any atom is -0.478 e. The Morgan fingerprint density at radius 2 is 1.12 bits per heavy atom. The number of esters is 2. The van der Waals surface area contributed by atoms with Crippen molar-refractivity contribution in [3.63, 3.8) is 0 Å². The van der Waals surface area contributed by atoms with Crippen LogP contribution in [0.4, 0.5) is 9.59 Å². The highest BCUT2D eigenvalue weighted by atomic mass is 16.6. The molecule has 0 bridgehead atoms. The molecule has 0 aliphatic carbocycles. The van der Waals surface area contributed by atoms with E-state index in [1.165, 1.54) is 28.0 Å². The van der Waals surface area contributed by atoms with Crippen LogP contribution in [-0.2, 0) is 23.8 Å². The van der Waals surface area contributed by atoms with E-state index in [1.54, 1.807) is 62.3 Å². The fraction of sp³-hybridized carbons (Fsp3) is 0.621. The predicted octanol–water partition coefficient (Wildman–Crippen LogP) is 3.03. The van der Waals surface area contributed by atoms with Gasteiger partial charge in [-0.1, -0.05) is 0 Å². The van der Waals surface area contributed by atoms with Gasteiger partial charge in [-0.15, -0.1) is 0 Å². The summed E-state index contributed by atoms with van der Waals surface area (Å²) in [7, 11) is 0. The number of benzene rings is 1. The van der Waals surface area contributed by atoms with Crippen LogP contribution in [0.5, 0.6) is 11.5 Å². The third-order valence-electron chi connectivity index (χ3n) is 5.24. The molecule has 0 aromatic heterocycles. The van der Waals surface area contributed by atoms with Crippen LogP contribution in [0, 0.1) is 0 Å². The standard InChI is InChI=1S/C29H44N4O10/c1-27(2,3)41-22(34)17-39-20-11-10-19(16-21(20)40-18-23(35)42-28(4,5)6)24(36)30-31-25(37)32-12-14-33(15-13-32)26(38)43-29(7,8)9/h10-11,16H,12-15,17-18H2,1-9H3,(H,30,36)(H,31,37). The van der Waals surface area contributed by atoms with Gasteiger partial charge in [0.05, 0.1) is 0 Å². The zero-order valence-corrected chi connectivity index (χ0v) is 26.5. The van der Waals surface area contributed by atoms with Crippen molar-refractivity contribution >= 4 is 30.0 Å². The highest BCUT2D eigenvalue weighted by molar-refractivity contribution is 5.96. The van der Waals surface area contributed by atoms with E-state index in [0.717, 1.165) is 0 Å². The van der Waals surface area contributed by atoms with Crippen molar-refractivity contribution < 1.29 is 47.7 Å². The van der Waals surface area contributed by atoms with Gasteiger partial charge in [-0.05, 0) is 80.5 Å². The molecule has 1 aliphatic rings. The Morgan fingerprint density at radius 1 is 0.651 bits per heavy atom. The number of amides is 4. The molecule has 1 aliphatic heterocycles. The molecule has 14 heteroatoms. The van der Waals surface area contributed by atoms with Crippen molar-refractivity contribution in [3.05, 3.63) is 23.8 Å². The summed E-state index contributed by atoms with van der Waals surface area (Å²) in [6.07, 6.45) is -0.455. The number of hydrogen-bond donors (Lipinski definition) is 2. The molecule has 1 fully saturated rings. The second kappa shape index (κ2) is 14.3. The topological polar surface area (TPSA) is 162 Å². The monoisotopic (exact) mass is 608 g/mol. The number of carbonyl (C=O) groups excluding carboxylic acids is 5. The second-order valence-corrected chi connectivity index (χ2v) is 12.8. The molecule has 0 spiro atoms. The van der Waals surface area contributed by atoms with Crippen molar-refractivity contribution in [2.24, 2.45) is 0 Å². The molecule has 4 amide bonds. The molecule has 14 nitrogen and oxygen atoms in total. The van der Waals surface area contributed by atoms with Crippen LogP contribution in [0.2, 0.25) is 0 Å². The number of nitrogens with zero attached hydrogens (tertiary/aromatic N) is 2. The Balaban J connectivity index is 2.02. The third-order valence-corrected chi connectivity index (χ3v) is 5.24. The summed E-state index contributed by atoms with van der Waals surface area (Å²) in [5, 5.41) is 0.